The van der Waals surface area contributed by atoms with E-state index < -0.39 is 0 Å². The number of nitrogens with one attached hydrogen (secondary N) is 1. The third kappa shape index (κ3) is 3.13. The number of ether oxygens (including phenoxy) is 1. The number of anilines is 1. The van der Waals surface area contributed by atoms with Crippen LogP contribution in [0.1, 0.15) is 25.5 Å². The molecule has 1 N–H and O–H groups in total. The van der Waals surface area contributed by atoms with Gasteiger partial charge in [-0.3, -0.25) is 4.79 Å². The Morgan fingerprint density at radius 2 is 2.00 bits per heavy atom. The molecule has 1 heterocycles. The third-order valence-corrected chi connectivity index (χ3v) is 4.20. The minimum atomic E-state index is -0.306. The molecule has 1 amide bonds. The second-order valence-electron chi connectivity index (χ2n) is 5.86. The van der Waals surface area contributed by atoms with Gasteiger partial charge in [0, 0.05) is 22.8 Å². The number of fused-ring (bicyclic) bond motifs is 1. The molecule has 4 heteroatoms. The van der Waals surface area contributed by atoms with Crippen molar-refractivity contribution < 1.29 is 9.53 Å². The SMILES string of the molecule is CCOc1ccc2c(ccn2C(C)C(=O)Nc2ccccc2C)c1. The fraction of sp³-hybridized carbons (Fsp3) is 0.250. The van der Waals surface area contributed by atoms with E-state index in [0.29, 0.717) is 6.61 Å². The first-order chi connectivity index (χ1) is 11.6. The van der Waals surface area contributed by atoms with Crippen molar-refractivity contribution in [1.29, 1.82) is 0 Å². The van der Waals surface area contributed by atoms with Crippen LogP contribution in [0.5, 0.6) is 5.75 Å². The summed E-state index contributed by atoms with van der Waals surface area (Å²) in [6.45, 7) is 6.50. The average Bonchev–Trinajstić information content (AvgIpc) is 2.99. The summed E-state index contributed by atoms with van der Waals surface area (Å²) < 4.78 is 7.52. The number of amides is 1. The smallest absolute Gasteiger partial charge is 0.247 e. The molecule has 0 aliphatic carbocycles. The Morgan fingerprint density at radius 1 is 1.21 bits per heavy atom. The minimum absolute atomic E-state index is 0.0318. The highest BCUT2D eigenvalue weighted by Crippen LogP contribution is 2.25. The van der Waals surface area contributed by atoms with Gasteiger partial charge in [-0.1, -0.05) is 18.2 Å². The number of para-hydroxylation sites is 1. The van der Waals surface area contributed by atoms with Crippen molar-refractivity contribution >= 4 is 22.5 Å². The molecule has 0 saturated heterocycles. The van der Waals surface area contributed by atoms with Crippen LogP contribution < -0.4 is 10.1 Å². The highest BCUT2D eigenvalue weighted by Gasteiger charge is 2.17. The molecule has 1 atom stereocenters. The van der Waals surface area contributed by atoms with E-state index in [0.717, 1.165) is 27.9 Å². The predicted octanol–water partition coefficient (Wildman–Crippen LogP) is 4.55. The molecule has 0 spiro atoms. The van der Waals surface area contributed by atoms with Crippen LogP contribution in [0.15, 0.2) is 54.7 Å². The summed E-state index contributed by atoms with van der Waals surface area (Å²) in [5.41, 5.74) is 2.92. The summed E-state index contributed by atoms with van der Waals surface area (Å²) in [6.07, 6.45) is 1.95. The van der Waals surface area contributed by atoms with Crippen molar-refractivity contribution in [3.05, 3.63) is 60.3 Å². The Labute approximate surface area is 142 Å². The van der Waals surface area contributed by atoms with Crippen molar-refractivity contribution in [2.45, 2.75) is 26.8 Å². The molecule has 3 rings (SSSR count). The van der Waals surface area contributed by atoms with E-state index in [1.54, 1.807) is 0 Å². The number of rotatable bonds is 5. The van der Waals surface area contributed by atoms with Crippen molar-refractivity contribution in [1.82, 2.24) is 4.57 Å². The van der Waals surface area contributed by atoms with Crippen LogP contribution in [-0.4, -0.2) is 17.1 Å². The summed E-state index contributed by atoms with van der Waals surface area (Å²) in [7, 11) is 0. The molecule has 124 valence electrons. The van der Waals surface area contributed by atoms with Crippen molar-refractivity contribution in [2.75, 3.05) is 11.9 Å². The Kier molecular flexibility index (Phi) is 4.56. The van der Waals surface area contributed by atoms with Gasteiger partial charge in [0.05, 0.1) is 6.61 Å². The Bertz CT molecular complexity index is 867. The maximum atomic E-state index is 12.6. The number of carbonyl (C=O) groups is 1. The summed E-state index contributed by atoms with van der Waals surface area (Å²) in [4.78, 5) is 12.6. The van der Waals surface area contributed by atoms with E-state index in [2.05, 4.69) is 5.32 Å². The first-order valence-corrected chi connectivity index (χ1v) is 8.20. The number of hydrogen-bond acceptors (Lipinski definition) is 2. The molecule has 1 aromatic heterocycles. The first-order valence-electron chi connectivity index (χ1n) is 8.20. The summed E-state index contributed by atoms with van der Waals surface area (Å²) in [6, 6.07) is 15.4. The molecular formula is C20H22N2O2. The van der Waals surface area contributed by atoms with Crippen molar-refractivity contribution in [3.63, 3.8) is 0 Å². The zero-order valence-electron chi connectivity index (χ0n) is 14.2. The van der Waals surface area contributed by atoms with Crippen LogP contribution in [0.2, 0.25) is 0 Å². The highest BCUT2D eigenvalue weighted by atomic mass is 16.5. The lowest BCUT2D eigenvalue weighted by atomic mass is 10.2. The molecule has 24 heavy (non-hydrogen) atoms. The van der Waals surface area contributed by atoms with Gasteiger partial charge in [-0.15, -0.1) is 0 Å². The van der Waals surface area contributed by atoms with Crippen LogP contribution in [-0.2, 0) is 4.79 Å². The topological polar surface area (TPSA) is 43.3 Å². The quantitative estimate of drug-likeness (QED) is 0.749. The van der Waals surface area contributed by atoms with Gasteiger partial charge in [0.25, 0.3) is 0 Å². The number of benzene rings is 2. The molecule has 3 aromatic rings. The van der Waals surface area contributed by atoms with Crippen LogP contribution in [0.25, 0.3) is 10.9 Å². The Hall–Kier alpha value is -2.75. The van der Waals surface area contributed by atoms with Gasteiger partial charge in [0.1, 0.15) is 11.8 Å². The molecular weight excluding hydrogens is 300 g/mol. The Balaban J connectivity index is 1.84. The molecule has 0 saturated carbocycles. The minimum Gasteiger partial charge on any atom is -0.494 e. The highest BCUT2D eigenvalue weighted by molar-refractivity contribution is 5.95. The molecule has 0 aliphatic heterocycles. The lowest BCUT2D eigenvalue weighted by Gasteiger charge is -2.16. The lowest BCUT2D eigenvalue weighted by Crippen LogP contribution is -2.23. The fourth-order valence-corrected chi connectivity index (χ4v) is 2.81. The lowest BCUT2D eigenvalue weighted by molar-refractivity contribution is -0.118. The van der Waals surface area contributed by atoms with E-state index in [4.69, 9.17) is 4.74 Å². The molecule has 2 aromatic carbocycles. The maximum Gasteiger partial charge on any atom is 0.247 e. The van der Waals surface area contributed by atoms with Crippen molar-refractivity contribution in [3.8, 4) is 5.75 Å². The van der Waals surface area contributed by atoms with E-state index >= 15 is 0 Å². The number of nitrogens with zero attached hydrogens (tertiary/aromatic N) is 1. The zero-order chi connectivity index (χ0) is 17.1. The average molecular weight is 322 g/mol. The normalized spacial score (nSPS) is 12.1. The van der Waals surface area contributed by atoms with Gasteiger partial charge in [0.2, 0.25) is 5.91 Å². The van der Waals surface area contributed by atoms with Crippen LogP contribution in [0, 0.1) is 6.92 Å². The van der Waals surface area contributed by atoms with E-state index in [1.807, 2.05) is 80.1 Å². The van der Waals surface area contributed by atoms with Gasteiger partial charge < -0.3 is 14.6 Å². The van der Waals surface area contributed by atoms with Crippen LogP contribution in [0.4, 0.5) is 5.69 Å². The Morgan fingerprint density at radius 3 is 2.75 bits per heavy atom. The van der Waals surface area contributed by atoms with Crippen LogP contribution >= 0.6 is 0 Å². The summed E-state index contributed by atoms with van der Waals surface area (Å²) in [5.74, 6) is 0.815. The second kappa shape index (κ2) is 6.79. The second-order valence-corrected chi connectivity index (χ2v) is 5.86. The van der Waals surface area contributed by atoms with Gasteiger partial charge in [-0.2, -0.15) is 0 Å². The summed E-state index contributed by atoms with van der Waals surface area (Å²) in [5, 5.41) is 4.08. The van der Waals surface area contributed by atoms with E-state index in [-0.39, 0.29) is 11.9 Å². The van der Waals surface area contributed by atoms with Gasteiger partial charge in [-0.05, 0) is 56.7 Å². The van der Waals surface area contributed by atoms with Crippen LogP contribution in [0.3, 0.4) is 0 Å². The largest absolute Gasteiger partial charge is 0.494 e. The predicted molar refractivity (Wildman–Crippen MR) is 97.6 cm³/mol. The molecule has 0 radical (unpaired) electrons. The number of carbonyl (C=O) groups excluding carboxylic acids is 1. The fourth-order valence-electron chi connectivity index (χ4n) is 2.81. The van der Waals surface area contributed by atoms with Crippen molar-refractivity contribution in [2.24, 2.45) is 0 Å². The maximum absolute atomic E-state index is 12.6. The molecule has 4 nitrogen and oxygen atoms in total. The molecule has 0 aliphatic rings. The molecule has 0 bridgehead atoms. The number of aromatic nitrogens is 1. The van der Waals surface area contributed by atoms with Gasteiger partial charge >= 0.3 is 0 Å². The third-order valence-electron chi connectivity index (χ3n) is 4.20. The standard InChI is InChI=1S/C20H22N2O2/c1-4-24-17-9-10-19-16(13-17)11-12-22(19)15(3)20(23)21-18-8-6-5-7-14(18)2/h5-13,15H,4H2,1-3H3,(H,21,23). The van der Waals surface area contributed by atoms with E-state index in [1.165, 1.54) is 0 Å². The first kappa shape index (κ1) is 16.1. The van der Waals surface area contributed by atoms with Gasteiger partial charge in [0.15, 0.2) is 0 Å². The monoisotopic (exact) mass is 322 g/mol. The molecule has 1 unspecified atom stereocenters. The number of aryl methyl sites for hydroxylation is 1. The summed E-state index contributed by atoms with van der Waals surface area (Å²) >= 11 is 0. The number of hydrogen-bond donors (Lipinski definition) is 1. The zero-order valence-corrected chi connectivity index (χ0v) is 14.2. The van der Waals surface area contributed by atoms with E-state index in [9.17, 15) is 4.79 Å². The molecule has 0 fully saturated rings. The van der Waals surface area contributed by atoms with Gasteiger partial charge in [-0.25, -0.2) is 0 Å².